The summed E-state index contributed by atoms with van der Waals surface area (Å²) in [6.45, 7) is 0.614. The lowest BCUT2D eigenvalue weighted by molar-refractivity contribution is -0.103. The first-order chi connectivity index (χ1) is 6.36. The molecule has 13 heavy (non-hydrogen) atoms. The van der Waals surface area contributed by atoms with Crippen LogP contribution < -0.4 is 0 Å². The van der Waals surface area contributed by atoms with Crippen LogP contribution in [0, 0.1) is 0 Å². The number of ether oxygens (including phenoxy) is 1. The first kappa shape index (κ1) is 8.73. The quantitative estimate of drug-likeness (QED) is 0.763. The summed E-state index contributed by atoms with van der Waals surface area (Å²) in [5.74, 6) is 0. The highest BCUT2D eigenvalue weighted by Crippen LogP contribution is 2.23. The fourth-order valence-electron chi connectivity index (χ4n) is 1.42. The van der Waals surface area contributed by atoms with Crippen molar-refractivity contribution in [1.29, 1.82) is 0 Å². The number of rotatable bonds is 3. The molecule has 0 spiro atoms. The zero-order chi connectivity index (χ0) is 9.10. The number of aliphatic hydroxyl groups excluding tert-OH is 1. The normalized spacial score (nSPS) is 26.8. The fourth-order valence-corrected chi connectivity index (χ4v) is 1.42. The fraction of sp³-hybridized carbons (Fsp3) is 0.455. The van der Waals surface area contributed by atoms with E-state index in [2.05, 4.69) is 0 Å². The Kier molecular flexibility index (Phi) is 2.62. The van der Waals surface area contributed by atoms with Crippen molar-refractivity contribution in [3.05, 3.63) is 35.9 Å². The van der Waals surface area contributed by atoms with Crippen LogP contribution in [0.2, 0.25) is 0 Å². The maximum atomic E-state index is 9.26. The molecular weight excluding hydrogens is 164 g/mol. The number of hydrogen-bond donors (Lipinski definition) is 1. The molecule has 0 amide bonds. The van der Waals surface area contributed by atoms with Gasteiger partial charge in [0.15, 0.2) is 0 Å². The Morgan fingerprint density at radius 2 is 2.00 bits per heavy atom. The Morgan fingerprint density at radius 1 is 1.23 bits per heavy atom. The highest BCUT2D eigenvalue weighted by Gasteiger charge is 2.29. The van der Waals surface area contributed by atoms with E-state index in [1.54, 1.807) is 0 Å². The molecule has 2 nitrogen and oxygen atoms in total. The molecule has 2 atom stereocenters. The molecule has 1 aromatic carbocycles. The van der Waals surface area contributed by atoms with Crippen LogP contribution in [0.1, 0.15) is 18.4 Å². The topological polar surface area (TPSA) is 29.5 Å². The van der Waals surface area contributed by atoms with Gasteiger partial charge in [-0.2, -0.15) is 0 Å². The number of benzene rings is 1. The monoisotopic (exact) mass is 178 g/mol. The zero-order valence-electron chi connectivity index (χ0n) is 7.52. The van der Waals surface area contributed by atoms with Crippen LogP contribution in [0.15, 0.2) is 30.3 Å². The predicted molar refractivity (Wildman–Crippen MR) is 50.3 cm³/mol. The van der Waals surface area contributed by atoms with Gasteiger partial charge in [-0.3, -0.25) is 0 Å². The second-order valence-corrected chi connectivity index (χ2v) is 3.48. The summed E-state index contributed by atoms with van der Waals surface area (Å²) in [5, 5.41) is 9.26. The Morgan fingerprint density at radius 3 is 2.54 bits per heavy atom. The molecule has 0 heterocycles. The smallest absolute Gasteiger partial charge is 0.0839 e. The Balaban J connectivity index is 1.80. The molecule has 2 heteroatoms. The minimum absolute atomic E-state index is 0.0696. The Bertz CT molecular complexity index is 258. The van der Waals surface area contributed by atoms with E-state index >= 15 is 0 Å². The lowest BCUT2D eigenvalue weighted by atomic mass is 9.92. The van der Waals surface area contributed by atoms with Crippen LogP contribution in [0.5, 0.6) is 0 Å². The second kappa shape index (κ2) is 3.90. The number of hydrogen-bond acceptors (Lipinski definition) is 2. The van der Waals surface area contributed by atoms with Crippen LogP contribution >= 0.6 is 0 Å². The van der Waals surface area contributed by atoms with Crippen molar-refractivity contribution in [3.63, 3.8) is 0 Å². The summed E-state index contributed by atoms with van der Waals surface area (Å²) < 4.78 is 5.53. The molecule has 70 valence electrons. The average Bonchev–Trinajstić information content (AvgIpc) is 2.17. The van der Waals surface area contributed by atoms with Crippen LogP contribution in [0.3, 0.4) is 0 Å². The summed E-state index contributed by atoms with van der Waals surface area (Å²) in [6, 6.07) is 10.0. The van der Waals surface area contributed by atoms with Crippen LogP contribution in [0.25, 0.3) is 0 Å². The van der Waals surface area contributed by atoms with Crippen molar-refractivity contribution >= 4 is 0 Å². The van der Waals surface area contributed by atoms with Crippen molar-refractivity contribution in [3.8, 4) is 0 Å². The molecule has 1 saturated carbocycles. The third-order valence-corrected chi connectivity index (χ3v) is 2.48. The van der Waals surface area contributed by atoms with Crippen molar-refractivity contribution in [2.24, 2.45) is 0 Å². The van der Waals surface area contributed by atoms with Gasteiger partial charge in [-0.05, 0) is 18.4 Å². The number of aliphatic hydroxyl groups is 1. The van der Waals surface area contributed by atoms with E-state index in [0.29, 0.717) is 6.61 Å². The first-order valence-electron chi connectivity index (χ1n) is 4.70. The molecule has 1 fully saturated rings. The van der Waals surface area contributed by atoms with Crippen LogP contribution in [-0.2, 0) is 11.3 Å². The van der Waals surface area contributed by atoms with E-state index in [4.69, 9.17) is 4.74 Å². The molecule has 1 N–H and O–H groups in total. The van der Waals surface area contributed by atoms with Crippen molar-refractivity contribution in [1.82, 2.24) is 0 Å². The van der Waals surface area contributed by atoms with Crippen LogP contribution in [0.4, 0.5) is 0 Å². The third kappa shape index (κ3) is 2.08. The minimum atomic E-state index is -0.233. The van der Waals surface area contributed by atoms with Gasteiger partial charge in [0.1, 0.15) is 0 Å². The van der Waals surface area contributed by atoms with Crippen molar-refractivity contribution < 1.29 is 9.84 Å². The molecule has 1 aliphatic rings. The summed E-state index contributed by atoms with van der Waals surface area (Å²) in [6.07, 6.45) is 1.72. The van der Waals surface area contributed by atoms with E-state index < -0.39 is 0 Å². The summed E-state index contributed by atoms with van der Waals surface area (Å²) >= 11 is 0. The van der Waals surface area contributed by atoms with E-state index in [-0.39, 0.29) is 12.2 Å². The Hall–Kier alpha value is -0.860. The molecule has 1 aromatic rings. The highest BCUT2D eigenvalue weighted by molar-refractivity contribution is 5.13. The molecule has 0 aliphatic heterocycles. The van der Waals surface area contributed by atoms with E-state index in [1.807, 2.05) is 30.3 Å². The predicted octanol–water partition coefficient (Wildman–Crippen LogP) is 1.73. The Labute approximate surface area is 78.2 Å². The van der Waals surface area contributed by atoms with Crippen molar-refractivity contribution in [2.45, 2.75) is 31.7 Å². The lowest BCUT2D eigenvalue weighted by Crippen LogP contribution is -2.38. The highest BCUT2D eigenvalue weighted by atomic mass is 16.5. The molecule has 0 saturated heterocycles. The van der Waals surface area contributed by atoms with Crippen molar-refractivity contribution in [2.75, 3.05) is 0 Å². The lowest BCUT2D eigenvalue weighted by Gasteiger charge is -2.32. The summed E-state index contributed by atoms with van der Waals surface area (Å²) in [7, 11) is 0. The van der Waals surface area contributed by atoms with Gasteiger partial charge in [0.2, 0.25) is 0 Å². The van der Waals surface area contributed by atoms with Gasteiger partial charge >= 0.3 is 0 Å². The van der Waals surface area contributed by atoms with Gasteiger partial charge < -0.3 is 9.84 Å². The molecule has 2 rings (SSSR count). The van der Waals surface area contributed by atoms with Gasteiger partial charge in [-0.25, -0.2) is 0 Å². The standard InChI is InChI=1S/C11H14O2/c12-10-6-7-11(10)13-8-9-4-2-1-3-5-9/h1-5,10-12H,6-8H2/t10-,11+/m0/s1. The van der Waals surface area contributed by atoms with E-state index in [0.717, 1.165) is 12.8 Å². The molecule has 0 bridgehead atoms. The summed E-state index contributed by atoms with van der Waals surface area (Å²) in [4.78, 5) is 0. The maximum Gasteiger partial charge on any atom is 0.0839 e. The SMILES string of the molecule is O[C@H]1CC[C@H]1OCc1ccccc1. The molecule has 1 aliphatic carbocycles. The van der Waals surface area contributed by atoms with Crippen LogP contribution in [-0.4, -0.2) is 17.3 Å². The van der Waals surface area contributed by atoms with E-state index in [9.17, 15) is 5.11 Å². The van der Waals surface area contributed by atoms with Gasteiger partial charge in [0.25, 0.3) is 0 Å². The average molecular weight is 178 g/mol. The van der Waals surface area contributed by atoms with Gasteiger partial charge in [-0.1, -0.05) is 30.3 Å². The zero-order valence-corrected chi connectivity index (χ0v) is 7.52. The largest absolute Gasteiger partial charge is 0.390 e. The maximum absolute atomic E-state index is 9.26. The molecule has 0 unspecified atom stereocenters. The first-order valence-corrected chi connectivity index (χ1v) is 4.70. The van der Waals surface area contributed by atoms with Gasteiger partial charge in [-0.15, -0.1) is 0 Å². The molecule has 0 aromatic heterocycles. The van der Waals surface area contributed by atoms with Gasteiger partial charge in [0, 0.05) is 0 Å². The molecule has 0 radical (unpaired) electrons. The van der Waals surface area contributed by atoms with E-state index in [1.165, 1.54) is 5.56 Å². The third-order valence-electron chi connectivity index (χ3n) is 2.48. The minimum Gasteiger partial charge on any atom is -0.390 e. The summed E-state index contributed by atoms with van der Waals surface area (Å²) in [5.41, 5.74) is 1.17. The second-order valence-electron chi connectivity index (χ2n) is 3.48. The molecular formula is C11H14O2. The van der Waals surface area contributed by atoms with Gasteiger partial charge in [0.05, 0.1) is 18.8 Å².